The second-order valence-corrected chi connectivity index (χ2v) is 11.1. The van der Waals surface area contributed by atoms with Crippen molar-refractivity contribution >= 4 is 44.3 Å². The van der Waals surface area contributed by atoms with Crippen LogP contribution in [0.15, 0.2) is 32.9 Å². The van der Waals surface area contributed by atoms with E-state index in [0.717, 1.165) is 43.2 Å². The molecule has 4 rings (SSSR count). The first-order valence-corrected chi connectivity index (χ1v) is 13.9. The van der Waals surface area contributed by atoms with E-state index in [1.165, 1.54) is 31.7 Å². The molecule has 0 aromatic heterocycles. The number of nitrogens with one attached hydrogen (secondary N) is 2. The molecule has 195 valence electrons. The monoisotopic (exact) mass is 651 g/mol. The molecule has 2 N–H and O–H groups in total. The molecule has 2 aliphatic heterocycles. The van der Waals surface area contributed by atoms with E-state index in [9.17, 15) is 10.2 Å². The van der Waals surface area contributed by atoms with Crippen molar-refractivity contribution in [2.75, 3.05) is 13.1 Å². The van der Waals surface area contributed by atoms with Crippen LogP contribution < -0.4 is 21.1 Å². The number of piperidine rings is 2. The Morgan fingerprint density at radius 2 is 1.60 bits per heavy atom. The minimum Gasteiger partial charge on any atom is -0.872 e. The molecule has 5 unspecified atom stereocenters. The fourth-order valence-corrected chi connectivity index (χ4v) is 5.07. The number of hydrogen-bond donors (Lipinski definition) is 2. The van der Waals surface area contributed by atoms with Crippen molar-refractivity contribution < 1.29 is 27.3 Å². The van der Waals surface area contributed by atoms with Gasteiger partial charge in [-0.25, -0.2) is 0 Å². The summed E-state index contributed by atoms with van der Waals surface area (Å²) >= 11 is 6.76. The Kier molecular flexibility index (Phi) is 14.8. The summed E-state index contributed by atoms with van der Waals surface area (Å²) in [5.74, 6) is 0.0467. The average molecular weight is 653 g/mol. The molecule has 1 aromatic rings. The fourth-order valence-electron chi connectivity index (χ4n) is 4.09. The molecule has 2 saturated heterocycles. The number of hydrogen-bond acceptors (Lipinski definition) is 6. The Morgan fingerprint density at radius 1 is 0.943 bits per heavy atom. The van der Waals surface area contributed by atoms with Crippen molar-refractivity contribution in [2.45, 2.75) is 81.1 Å². The molecule has 0 spiro atoms. The zero-order valence-corrected chi connectivity index (χ0v) is 24.1. The number of benzene rings is 1. The third-order valence-corrected chi connectivity index (χ3v) is 7.47. The number of halogens is 2. The van der Waals surface area contributed by atoms with Crippen LogP contribution in [-0.2, 0) is 17.1 Å². The third kappa shape index (κ3) is 11.5. The molecular formula is C24H34Br2MnN6O2-2. The standard InChI is InChI=1S/C12H20BrN3O.C12H15BrN3O.Mn/c2*13-10-5-4-9(11(17)7-10)8-15-16-12-3-1-2-6-14-12;/h8-12,16H,1-7H2;4-5,7-8,12,16-17H,1-3,6H2;/q-2;-1;+2/p-1/b15-8-;15-8+;. The second-order valence-electron chi connectivity index (χ2n) is 8.92. The normalized spacial score (nSPS) is 29.2. The van der Waals surface area contributed by atoms with E-state index in [1.807, 2.05) is 6.07 Å². The van der Waals surface area contributed by atoms with Crippen molar-refractivity contribution in [1.29, 1.82) is 0 Å². The maximum Gasteiger partial charge on any atom is 2.00 e. The Bertz CT molecular complexity index is 791. The summed E-state index contributed by atoms with van der Waals surface area (Å²) in [5, 5.41) is 40.4. The van der Waals surface area contributed by atoms with Gasteiger partial charge in [0, 0.05) is 15.5 Å². The predicted octanol–water partition coefficient (Wildman–Crippen LogP) is 4.07. The van der Waals surface area contributed by atoms with Gasteiger partial charge in [0.05, 0.1) is 6.21 Å². The smallest absolute Gasteiger partial charge is 0.872 e. The quantitative estimate of drug-likeness (QED) is 0.208. The molecule has 0 bridgehead atoms. The molecular weight excluding hydrogens is 619 g/mol. The summed E-state index contributed by atoms with van der Waals surface area (Å²) in [6.07, 6.45) is 12.7. The van der Waals surface area contributed by atoms with Crippen molar-refractivity contribution in [3.05, 3.63) is 38.9 Å². The first-order valence-electron chi connectivity index (χ1n) is 12.2. The molecule has 35 heavy (non-hydrogen) atoms. The summed E-state index contributed by atoms with van der Waals surface area (Å²) in [6.45, 7) is 1.84. The number of alkyl halides is 1. The molecule has 5 atom stereocenters. The summed E-state index contributed by atoms with van der Waals surface area (Å²) < 4.78 is 0.787. The van der Waals surface area contributed by atoms with Crippen molar-refractivity contribution in [3.63, 3.8) is 0 Å². The van der Waals surface area contributed by atoms with Crippen molar-refractivity contribution in [3.8, 4) is 5.75 Å². The molecule has 1 saturated carbocycles. The maximum absolute atomic E-state index is 11.8. The fraction of sp³-hybridized carbons (Fsp3) is 0.667. The summed E-state index contributed by atoms with van der Waals surface area (Å²) in [6, 6.07) is 5.11. The van der Waals surface area contributed by atoms with Crippen LogP contribution in [-0.4, -0.2) is 48.8 Å². The summed E-state index contributed by atoms with van der Waals surface area (Å²) in [4.78, 5) is 0.399. The van der Waals surface area contributed by atoms with Crippen LogP contribution in [0.1, 0.15) is 63.4 Å². The Morgan fingerprint density at radius 3 is 2.17 bits per heavy atom. The molecule has 3 fully saturated rings. The second kappa shape index (κ2) is 16.9. The molecule has 0 amide bonds. The summed E-state index contributed by atoms with van der Waals surface area (Å²) in [5.41, 5.74) is 6.60. The molecule has 3 aliphatic rings. The number of nitrogens with zero attached hydrogens (tertiary/aromatic N) is 4. The van der Waals surface area contributed by atoms with Gasteiger partial charge in [-0.05, 0) is 42.7 Å². The third-order valence-electron chi connectivity index (χ3n) is 6.14. The molecule has 1 radical (unpaired) electrons. The van der Waals surface area contributed by atoms with E-state index in [2.05, 4.69) is 63.5 Å². The zero-order valence-electron chi connectivity index (χ0n) is 19.8. The van der Waals surface area contributed by atoms with Gasteiger partial charge in [-0.2, -0.15) is 10.2 Å². The van der Waals surface area contributed by atoms with E-state index in [-0.39, 0.29) is 41.1 Å². The average Bonchev–Trinajstić information content (AvgIpc) is 2.84. The van der Waals surface area contributed by atoms with E-state index in [1.54, 1.807) is 18.5 Å². The van der Waals surface area contributed by atoms with Crippen LogP contribution in [0.4, 0.5) is 0 Å². The molecule has 2 heterocycles. The van der Waals surface area contributed by atoms with Crippen molar-refractivity contribution in [2.24, 2.45) is 16.1 Å². The van der Waals surface area contributed by atoms with Crippen LogP contribution >= 0.6 is 31.9 Å². The van der Waals surface area contributed by atoms with E-state index >= 15 is 0 Å². The minimum atomic E-state index is -0.512. The topological polar surface area (TPSA) is 123 Å². The van der Waals surface area contributed by atoms with Gasteiger partial charge in [0.2, 0.25) is 0 Å². The van der Waals surface area contributed by atoms with Gasteiger partial charge in [0.15, 0.2) is 0 Å². The van der Waals surface area contributed by atoms with Gasteiger partial charge < -0.3 is 31.7 Å². The maximum atomic E-state index is 11.8. The van der Waals surface area contributed by atoms with Crippen LogP contribution in [0, 0.1) is 5.92 Å². The van der Waals surface area contributed by atoms with Crippen molar-refractivity contribution in [1.82, 2.24) is 10.9 Å². The van der Waals surface area contributed by atoms with Gasteiger partial charge in [-0.15, -0.1) is 19.2 Å². The van der Waals surface area contributed by atoms with Crippen LogP contribution in [0.3, 0.4) is 0 Å². The minimum absolute atomic E-state index is 0. The van der Waals surface area contributed by atoms with Gasteiger partial charge in [0.25, 0.3) is 0 Å². The molecule has 1 aromatic carbocycles. The Labute approximate surface area is 236 Å². The van der Waals surface area contributed by atoms with Gasteiger partial charge in [-0.3, -0.25) is 0 Å². The molecule has 1 aliphatic carbocycles. The van der Waals surface area contributed by atoms with Crippen LogP contribution in [0.25, 0.3) is 10.6 Å². The Balaban J connectivity index is 0.000000240. The number of rotatable bonds is 6. The first kappa shape index (κ1) is 30.5. The van der Waals surface area contributed by atoms with Gasteiger partial charge in [0.1, 0.15) is 0 Å². The Hall–Kier alpha value is -0.681. The predicted molar refractivity (Wildman–Crippen MR) is 142 cm³/mol. The first-order chi connectivity index (χ1) is 16.5. The van der Waals surface area contributed by atoms with Crippen LogP contribution in [0.2, 0.25) is 0 Å². The van der Waals surface area contributed by atoms with E-state index in [4.69, 9.17) is 0 Å². The molecule has 8 nitrogen and oxygen atoms in total. The van der Waals surface area contributed by atoms with E-state index in [0.29, 0.717) is 16.8 Å². The SMILES string of the molecule is [Mn+2].[O-]C1CC(Br)CCC1/C=N\NC1CCCC[N-]1.[O-]c1cc(Br)ccc1/C=N/NC1CCCC[N-]1. The van der Waals surface area contributed by atoms with Crippen LogP contribution in [0.5, 0.6) is 5.75 Å². The molecule has 11 heteroatoms. The number of hydrazone groups is 2. The van der Waals surface area contributed by atoms with Gasteiger partial charge in [-0.1, -0.05) is 94.7 Å². The largest absolute Gasteiger partial charge is 2.00 e. The zero-order chi connectivity index (χ0) is 24.2. The summed E-state index contributed by atoms with van der Waals surface area (Å²) in [7, 11) is 0. The van der Waals surface area contributed by atoms with Gasteiger partial charge >= 0.3 is 17.1 Å². The van der Waals surface area contributed by atoms with E-state index < -0.39 is 6.10 Å².